The first kappa shape index (κ1) is 39.3. The summed E-state index contributed by atoms with van der Waals surface area (Å²) in [6, 6.07) is 88.0. The average molecular weight is 892 g/mol. The molecule has 0 amide bonds. The van der Waals surface area contributed by atoms with E-state index in [1.54, 1.807) is 0 Å². The van der Waals surface area contributed by atoms with Crippen LogP contribution in [-0.4, -0.2) is 0 Å². The molecule has 0 saturated carbocycles. The molecule has 0 atom stereocenters. The largest absolute Gasteiger partial charge is 0.456 e. The summed E-state index contributed by atoms with van der Waals surface area (Å²) in [4.78, 5) is 2.50. The Morgan fingerprint density at radius 1 is 0.300 bits per heavy atom. The molecular weight excluding hydrogens is 847 g/mol. The highest BCUT2D eigenvalue weighted by Gasteiger charge is 2.51. The molecule has 0 bridgehead atoms. The van der Waals surface area contributed by atoms with E-state index < -0.39 is 5.41 Å². The van der Waals surface area contributed by atoms with Gasteiger partial charge in [0.2, 0.25) is 0 Å². The summed E-state index contributed by atoms with van der Waals surface area (Å²) in [5, 5.41) is 2.33. The molecule has 11 aromatic carbocycles. The van der Waals surface area contributed by atoms with Crippen molar-refractivity contribution >= 4 is 27.8 Å². The minimum Gasteiger partial charge on any atom is -0.456 e. The third-order valence-corrected chi connectivity index (χ3v) is 16.1. The van der Waals surface area contributed by atoms with Crippen molar-refractivity contribution in [2.45, 2.75) is 24.7 Å². The van der Waals surface area contributed by atoms with E-state index in [1.807, 2.05) is 0 Å². The zero-order valence-corrected chi connectivity index (χ0v) is 38.9. The Bertz CT molecular complexity index is 3960. The molecule has 1 spiro atoms. The number of rotatable bonds is 4. The van der Waals surface area contributed by atoms with Gasteiger partial charge in [-0.2, -0.15) is 0 Å². The van der Waals surface area contributed by atoms with Gasteiger partial charge in [0, 0.05) is 39.2 Å². The lowest BCUT2D eigenvalue weighted by Gasteiger charge is -2.32. The van der Waals surface area contributed by atoms with Gasteiger partial charge in [-0.3, -0.25) is 0 Å². The van der Waals surface area contributed by atoms with E-state index in [9.17, 15) is 0 Å². The van der Waals surface area contributed by atoms with Gasteiger partial charge < -0.3 is 9.64 Å². The Labute approximate surface area is 408 Å². The van der Waals surface area contributed by atoms with Crippen LogP contribution in [0.4, 0.5) is 17.1 Å². The van der Waals surface area contributed by atoms with Crippen LogP contribution >= 0.6 is 0 Å². The fourth-order valence-electron chi connectivity index (χ4n) is 13.0. The summed E-state index contributed by atoms with van der Waals surface area (Å²) in [5.74, 6) is 1.69. The summed E-state index contributed by atoms with van der Waals surface area (Å²) < 4.78 is 7.16. The Hall–Kier alpha value is -8.72. The van der Waals surface area contributed by atoms with Crippen molar-refractivity contribution in [3.05, 3.63) is 270 Å². The van der Waals surface area contributed by atoms with Crippen molar-refractivity contribution in [1.82, 2.24) is 0 Å². The molecule has 11 aromatic rings. The van der Waals surface area contributed by atoms with Crippen LogP contribution in [0.3, 0.4) is 0 Å². The normalized spacial score (nSPS) is 14.2. The zero-order valence-electron chi connectivity index (χ0n) is 38.9. The first-order valence-corrected chi connectivity index (χ1v) is 24.5. The Kier molecular flexibility index (Phi) is 8.08. The zero-order chi connectivity index (χ0) is 46.3. The quantitative estimate of drug-likeness (QED) is 0.175. The molecule has 3 aliphatic carbocycles. The van der Waals surface area contributed by atoms with E-state index in [0.29, 0.717) is 0 Å². The SMILES string of the molecule is CC1(C)c2ccccc2-c2ccc(N(c3ccc4c(c3)-c3cccc(-c5ccccc5)c3-c3cc5ccccc5cc3O4)c3ccc4c(c3)C3(c5ccccc5-c5ccccc53)c3ccccc3-4)cc21. The standard InChI is InChI=1S/C68H45NO/c1-67(2)58-27-12-8-21-49(58)53-34-31-46(40-62(53)67)69(47-32-35-54-52-24-11-15-30-61(52)68(63(54)41-47)59-28-13-9-22-50(59)51-23-10-14-29-60(51)68)45-33-36-64-56(39-45)55-26-16-25-48(42-17-4-3-5-18-42)66(55)57-37-43-19-6-7-20-44(43)38-65(57)70-64/h3-41H,1-2H3. The second kappa shape index (κ2) is 14.4. The topological polar surface area (TPSA) is 12.5 Å². The lowest BCUT2D eigenvalue weighted by Crippen LogP contribution is -2.26. The predicted molar refractivity (Wildman–Crippen MR) is 289 cm³/mol. The summed E-state index contributed by atoms with van der Waals surface area (Å²) in [7, 11) is 0. The number of fused-ring (bicyclic) bond motifs is 19. The van der Waals surface area contributed by atoms with E-state index in [2.05, 4.69) is 255 Å². The average Bonchev–Trinajstić information content (AvgIpc) is 3.93. The van der Waals surface area contributed by atoms with Crippen LogP contribution in [0, 0.1) is 0 Å². The fourth-order valence-corrected chi connectivity index (χ4v) is 13.0. The lowest BCUT2D eigenvalue weighted by atomic mass is 9.70. The molecule has 0 aromatic heterocycles. The number of hydrogen-bond donors (Lipinski definition) is 0. The van der Waals surface area contributed by atoms with E-state index in [-0.39, 0.29) is 5.41 Å². The van der Waals surface area contributed by atoms with Gasteiger partial charge in [0.1, 0.15) is 11.5 Å². The summed E-state index contributed by atoms with van der Waals surface area (Å²) in [5.41, 5.74) is 25.2. The van der Waals surface area contributed by atoms with Crippen LogP contribution in [0.2, 0.25) is 0 Å². The highest BCUT2D eigenvalue weighted by atomic mass is 16.5. The number of nitrogens with zero attached hydrogens (tertiary/aromatic N) is 1. The molecule has 0 fully saturated rings. The molecule has 1 heterocycles. The van der Waals surface area contributed by atoms with Crippen molar-refractivity contribution in [1.29, 1.82) is 0 Å². The number of ether oxygens (including phenoxy) is 1. The van der Waals surface area contributed by atoms with Crippen molar-refractivity contribution in [3.63, 3.8) is 0 Å². The van der Waals surface area contributed by atoms with Crippen LogP contribution in [0.5, 0.6) is 11.5 Å². The summed E-state index contributed by atoms with van der Waals surface area (Å²) in [6.07, 6.45) is 0. The first-order chi connectivity index (χ1) is 34.5. The van der Waals surface area contributed by atoms with Crippen LogP contribution in [0.1, 0.15) is 47.2 Å². The van der Waals surface area contributed by atoms with Gasteiger partial charge in [-0.05, 0) is 149 Å². The maximum Gasteiger partial charge on any atom is 0.135 e. The number of anilines is 3. The molecule has 4 aliphatic rings. The predicted octanol–water partition coefficient (Wildman–Crippen LogP) is 18.1. The van der Waals surface area contributed by atoms with Crippen molar-refractivity contribution in [2.24, 2.45) is 0 Å². The molecule has 0 unspecified atom stereocenters. The minimum atomic E-state index is -0.480. The molecular formula is C68H45NO. The molecule has 0 saturated heterocycles. The van der Waals surface area contributed by atoms with Crippen LogP contribution in [-0.2, 0) is 10.8 Å². The fraction of sp³-hybridized carbons (Fsp3) is 0.0588. The molecule has 1 aliphatic heterocycles. The maximum absolute atomic E-state index is 7.16. The third-order valence-electron chi connectivity index (χ3n) is 16.1. The second-order valence-corrected chi connectivity index (χ2v) is 19.9. The van der Waals surface area contributed by atoms with Gasteiger partial charge in [-0.15, -0.1) is 0 Å². The molecule has 2 nitrogen and oxygen atoms in total. The first-order valence-electron chi connectivity index (χ1n) is 24.5. The van der Waals surface area contributed by atoms with Crippen LogP contribution < -0.4 is 9.64 Å². The van der Waals surface area contributed by atoms with Crippen molar-refractivity contribution in [3.8, 4) is 78.3 Å². The summed E-state index contributed by atoms with van der Waals surface area (Å²) >= 11 is 0. The highest BCUT2D eigenvalue weighted by molar-refractivity contribution is 6.04. The van der Waals surface area contributed by atoms with Crippen molar-refractivity contribution in [2.75, 3.05) is 4.90 Å². The highest BCUT2D eigenvalue weighted by Crippen LogP contribution is 2.64. The number of benzene rings is 11. The lowest BCUT2D eigenvalue weighted by molar-refractivity contribution is 0.488. The van der Waals surface area contributed by atoms with Gasteiger partial charge in [0.25, 0.3) is 0 Å². The van der Waals surface area contributed by atoms with Gasteiger partial charge >= 0.3 is 0 Å². The minimum absolute atomic E-state index is 0.182. The Morgan fingerprint density at radius 3 is 1.43 bits per heavy atom. The molecule has 328 valence electrons. The van der Waals surface area contributed by atoms with Crippen molar-refractivity contribution < 1.29 is 4.74 Å². The van der Waals surface area contributed by atoms with Gasteiger partial charge in [0.05, 0.1) is 5.41 Å². The third kappa shape index (κ3) is 5.28. The monoisotopic (exact) mass is 891 g/mol. The van der Waals surface area contributed by atoms with Gasteiger partial charge in [-0.25, -0.2) is 0 Å². The Morgan fingerprint density at radius 2 is 0.771 bits per heavy atom. The molecule has 15 rings (SSSR count). The van der Waals surface area contributed by atoms with E-state index in [1.165, 1.54) is 88.8 Å². The van der Waals surface area contributed by atoms with Gasteiger partial charge in [0.15, 0.2) is 0 Å². The van der Waals surface area contributed by atoms with E-state index >= 15 is 0 Å². The van der Waals surface area contributed by atoms with Crippen LogP contribution in [0.25, 0.3) is 77.5 Å². The summed E-state index contributed by atoms with van der Waals surface area (Å²) in [6.45, 7) is 4.75. The molecule has 0 radical (unpaired) electrons. The smallest absolute Gasteiger partial charge is 0.135 e. The Balaban J connectivity index is 0.993. The van der Waals surface area contributed by atoms with Gasteiger partial charge in [-0.1, -0.05) is 196 Å². The van der Waals surface area contributed by atoms with Crippen LogP contribution in [0.15, 0.2) is 237 Å². The second-order valence-electron chi connectivity index (χ2n) is 19.9. The molecule has 70 heavy (non-hydrogen) atoms. The molecule has 2 heteroatoms. The molecule has 0 N–H and O–H groups in total. The van der Waals surface area contributed by atoms with E-state index in [0.717, 1.165) is 50.6 Å². The maximum atomic E-state index is 7.16. The number of hydrogen-bond acceptors (Lipinski definition) is 2. The van der Waals surface area contributed by atoms with E-state index in [4.69, 9.17) is 4.74 Å².